The summed E-state index contributed by atoms with van der Waals surface area (Å²) in [4.78, 5) is 6.55. The molecule has 24 heavy (non-hydrogen) atoms. The van der Waals surface area contributed by atoms with Crippen LogP contribution in [0.25, 0.3) is 0 Å². The van der Waals surface area contributed by atoms with Gasteiger partial charge in [0.25, 0.3) is 0 Å². The molecule has 0 atom stereocenters. The fourth-order valence-electron chi connectivity index (χ4n) is 2.97. The van der Waals surface area contributed by atoms with E-state index in [-0.39, 0.29) is 0 Å². The van der Waals surface area contributed by atoms with Gasteiger partial charge in [-0.1, -0.05) is 44.9 Å². The van der Waals surface area contributed by atoms with Gasteiger partial charge in [0.15, 0.2) is 0 Å². The predicted octanol–water partition coefficient (Wildman–Crippen LogP) is 5.03. The van der Waals surface area contributed by atoms with Gasteiger partial charge < -0.3 is 10.6 Å². The zero-order valence-electron chi connectivity index (χ0n) is 15.6. The van der Waals surface area contributed by atoms with Crippen LogP contribution in [0, 0.1) is 0 Å². The molecule has 0 saturated heterocycles. The molecule has 4 nitrogen and oxygen atoms in total. The molecule has 1 aromatic rings. The zero-order valence-corrected chi connectivity index (χ0v) is 16.4. The van der Waals surface area contributed by atoms with E-state index < -0.39 is 0 Å². The van der Waals surface area contributed by atoms with Crippen molar-refractivity contribution in [2.24, 2.45) is 4.99 Å². The summed E-state index contributed by atoms with van der Waals surface area (Å²) in [6.07, 6.45) is 6.27. The lowest BCUT2D eigenvalue weighted by molar-refractivity contribution is 0.613. The summed E-state index contributed by atoms with van der Waals surface area (Å²) in [5.41, 5.74) is 9.49. The fourth-order valence-corrected chi connectivity index (χ4v) is 3.12. The van der Waals surface area contributed by atoms with Gasteiger partial charge in [0.2, 0.25) is 0 Å². The summed E-state index contributed by atoms with van der Waals surface area (Å²) in [5, 5.41) is 4.00. The molecule has 0 saturated carbocycles. The highest BCUT2D eigenvalue weighted by Crippen LogP contribution is 2.39. The van der Waals surface area contributed by atoms with Gasteiger partial charge in [-0.2, -0.15) is 0 Å². The minimum absolute atomic E-state index is 0.498. The van der Waals surface area contributed by atoms with Crippen LogP contribution in [0.15, 0.2) is 17.1 Å². The largest absolute Gasteiger partial charge is 0.396 e. The zero-order chi connectivity index (χ0) is 17.9. The molecule has 1 aromatic carbocycles. The van der Waals surface area contributed by atoms with Crippen LogP contribution >= 0.6 is 11.6 Å². The Hall–Kier alpha value is -1.26. The number of halogens is 1. The maximum atomic E-state index is 6.40. The highest BCUT2D eigenvalue weighted by Gasteiger charge is 2.20. The molecule has 0 aliphatic rings. The van der Waals surface area contributed by atoms with Crippen molar-refractivity contribution in [1.82, 2.24) is 5.32 Å². The number of hydrogen-bond acceptors (Lipinski definition) is 4. The molecule has 0 radical (unpaired) electrons. The second-order valence-electron chi connectivity index (χ2n) is 6.04. The van der Waals surface area contributed by atoms with E-state index in [1.165, 1.54) is 5.56 Å². The third kappa shape index (κ3) is 5.67. The van der Waals surface area contributed by atoms with Gasteiger partial charge in [-0.25, -0.2) is 0 Å². The van der Waals surface area contributed by atoms with Crippen molar-refractivity contribution in [3.8, 4) is 0 Å². The quantitative estimate of drug-likeness (QED) is 0.254. The van der Waals surface area contributed by atoms with Crippen LogP contribution in [0.2, 0.25) is 5.02 Å². The maximum Gasteiger partial charge on any atom is 0.0893 e. The third-order valence-electron chi connectivity index (χ3n) is 4.41. The normalized spacial score (nSPS) is 11.6. The van der Waals surface area contributed by atoms with E-state index in [0.717, 1.165) is 44.6 Å². The van der Waals surface area contributed by atoms with Crippen molar-refractivity contribution in [3.63, 3.8) is 0 Å². The number of nitrogens with zero attached hydrogens (tertiary/aromatic N) is 2. The van der Waals surface area contributed by atoms with Gasteiger partial charge in [0.05, 0.1) is 29.7 Å². The SMILES string of the molecule is C/C=N\CNCN(CCCC)c1c(C(CC)CC)ccc(Cl)c1N. The lowest BCUT2D eigenvalue weighted by Gasteiger charge is -2.31. The van der Waals surface area contributed by atoms with E-state index in [4.69, 9.17) is 17.3 Å². The van der Waals surface area contributed by atoms with E-state index in [2.05, 4.69) is 42.0 Å². The molecule has 0 aromatic heterocycles. The summed E-state index contributed by atoms with van der Waals surface area (Å²) in [7, 11) is 0. The molecule has 0 heterocycles. The number of benzene rings is 1. The molecule has 0 aliphatic heterocycles. The van der Waals surface area contributed by atoms with Crippen LogP contribution in [0.1, 0.15) is 64.9 Å². The summed E-state index contributed by atoms with van der Waals surface area (Å²) in [5.74, 6) is 0.498. The van der Waals surface area contributed by atoms with Crippen molar-refractivity contribution in [2.75, 3.05) is 30.5 Å². The van der Waals surface area contributed by atoms with Crippen LogP contribution in [0.4, 0.5) is 11.4 Å². The topological polar surface area (TPSA) is 53.7 Å². The first-order chi connectivity index (χ1) is 11.6. The smallest absolute Gasteiger partial charge is 0.0893 e. The molecule has 0 bridgehead atoms. The summed E-state index contributed by atoms with van der Waals surface area (Å²) < 4.78 is 0. The minimum atomic E-state index is 0.498. The summed E-state index contributed by atoms with van der Waals surface area (Å²) in [6, 6.07) is 4.08. The number of rotatable bonds is 11. The second kappa shape index (κ2) is 11.3. The Morgan fingerprint density at radius 2 is 2.00 bits per heavy atom. The van der Waals surface area contributed by atoms with Crippen molar-refractivity contribution in [2.45, 2.75) is 59.3 Å². The monoisotopic (exact) mass is 352 g/mol. The second-order valence-corrected chi connectivity index (χ2v) is 6.44. The van der Waals surface area contributed by atoms with Crippen LogP contribution in [0.5, 0.6) is 0 Å². The number of aliphatic imine (C=N–C) groups is 1. The van der Waals surface area contributed by atoms with Crippen molar-refractivity contribution in [3.05, 3.63) is 22.7 Å². The molecule has 136 valence electrons. The molecule has 3 N–H and O–H groups in total. The van der Waals surface area contributed by atoms with Gasteiger partial charge in [0, 0.05) is 6.54 Å². The first kappa shape index (κ1) is 20.8. The Morgan fingerprint density at radius 3 is 2.58 bits per heavy atom. The van der Waals surface area contributed by atoms with Crippen LogP contribution < -0.4 is 16.0 Å². The molecule has 0 fully saturated rings. The number of nitrogens with two attached hydrogens (primary N) is 1. The molecule has 0 unspecified atom stereocenters. The van der Waals surface area contributed by atoms with E-state index in [1.54, 1.807) is 0 Å². The van der Waals surface area contributed by atoms with E-state index in [9.17, 15) is 0 Å². The van der Waals surface area contributed by atoms with Crippen molar-refractivity contribution < 1.29 is 0 Å². The first-order valence-corrected chi connectivity index (χ1v) is 9.46. The molecular weight excluding hydrogens is 320 g/mol. The lowest BCUT2D eigenvalue weighted by Crippen LogP contribution is -2.36. The predicted molar refractivity (Wildman–Crippen MR) is 108 cm³/mol. The maximum absolute atomic E-state index is 6.40. The lowest BCUT2D eigenvalue weighted by atomic mass is 9.91. The van der Waals surface area contributed by atoms with Gasteiger partial charge in [0.1, 0.15) is 0 Å². The molecule has 5 heteroatoms. The van der Waals surface area contributed by atoms with Gasteiger partial charge in [-0.15, -0.1) is 0 Å². The van der Waals surface area contributed by atoms with Crippen molar-refractivity contribution >= 4 is 29.2 Å². The Kier molecular flexibility index (Phi) is 9.80. The standard InChI is InChI=1S/C19H33ClN4/c1-5-9-12-24(14-23-13-22-8-4)19-16(15(6-2)7-3)10-11-17(20)18(19)21/h8,10-11,15,23H,5-7,9,12-14,21H2,1-4H3/b22-8-. The Balaban J connectivity index is 3.19. The molecule has 0 aliphatic carbocycles. The molecule has 0 amide bonds. The molecule has 0 spiro atoms. The minimum Gasteiger partial charge on any atom is -0.396 e. The fraction of sp³-hybridized carbons (Fsp3) is 0.632. The highest BCUT2D eigenvalue weighted by atomic mass is 35.5. The highest BCUT2D eigenvalue weighted by molar-refractivity contribution is 6.33. The number of anilines is 2. The number of hydrogen-bond donors (Lipinski definition) is 2. The molecule has 1 rings (SSSR count). The Bertz CT molecular complexity index is 512. The first-order valence-electron chi connectivity index (χ1n) is 9.08. The average molecular weight is 353 g/mol. The van der Waals surface area contributed by atoms with Crippen molar-refractivity contribution in [1.29, 1.82) is 0 Å². The van der Waals surface area contributed by atoms with Crippen LogP contribution in [0.3, 0.4) is 0 Å². The Labute approximate surface area is 152 Å². The Morgan fingerprint density at radius 1 is 1.29 bits per heavy atom. The van der Waals surface area contributed by atoms with Gasteiger partial charge in [-0.3, -0.25) is 10.3 Å². The number of unbranched alkanes of at least 4 members (excludes halogenated alkanes) is 1. The molecular formula is C19H33ClN4. The van der Waals surface area contributed by atoms with E-state index in [0.29, 0.717) is 23.3 Å². The third-order valence-corrected chi connectivity index (χ3v) is 4.74. The van der Waals surface area contributed by atoms with E-state index in [1.807, 2.05) is 19.2 Å². The average Bonchev–Trinajstić information content (AvgIpc) is 2.59. The van der Waals surface area contributed by atoms with Crippen LogP contribution in [-0.2, 0) is 0 Å². The van der Waals surface area contributed by atoms with Gasteiger partial charge >= 0.3 is 0 Å². The van der Waals surface area contributed by atoms with Crippen LogP contribution in [-0.4, -0.2) is 26.1 Å². The number of nitrogen functional groups attached to an aromatic ring is 1. The summed E-state index contributed by atoms with van der Waals surface area (Å²) >= 11 is 6.34. The van der Waals surface area contributed by atoms with Gasteiger partial charge in [-0.05, 0) is 49.9 Å². The number of nitrogens with one attached hydrogen (secondary N) is 1. The summed E-state index contributed by atoms with van der Waals surface area (Å²) in [6.45, 7) is 10.9. The van der Waals surface area contributed by atoms with E-state index >= 15 is 0 Å².